The first-order valence-electron chi connectivity index (χ1n) is 7.33. The number of amides is 1. The largest absolute Gasteiger partial charge is 0.445 e. The van der Waals surface area contributed by atoms with Gasteiger partial charge in [0.25, 0.3) is 0 Å². The second-order valence-electron chi connectivity index (χ2n) is 5.76. The topological polar surface area (TPSA) is 68.5 Å². The van der Waals surface area contributed by atoms with Crippen molar-refractivity contribution in [2.45, 2.75) is 26.0 Å². The minimum Gasteiger partial charge on any atom is -0.445 e. The van der Waals surface area contributed by atoms with E-state index < -0.39 is 11.6 Å². The molecule has 0 radical (unpaired) electrons. The number of rotatable bonds is 4. The van der Waals surface area contributed by atoms with Crippen LogP contribution in [-0.2, 0) is 16.9 Å². The summed E-state index contributed by atoms with van der Waals surface area (Å²) < 4.78 is 7.17. The summed E-state index contributed by atoms with van der Waals surface area (Å²) in [5.41, 5.74) is 1.13. The molecule has 6 heteroatoms. The molecule has 1 aromatic carbocycles. The minimum absolute atomic E-state index is 0.231. The molecule has 0 aliphatic carbocycles. The minimum atomic E-state index is -0.679. The average Bonchev–Trinajstić information content (AvgIpc) is 2.98. The van der Waals surface area contributed by atoms with Crippen LogP contribution in [0.5, 0.6) is 0 Å². The Kier molecular flexibility index (Phi) is 3.97. The predicted molar refractivity (Wildman–Crippen MR) is 85.8 cm³/mol. The van der Waals surface area contributed by atoms with Crippen molar-refractivity contribution in [3.05, 3.63) is 66.5 Å². The standard InChI is InChI=1S/C17H18N4O2/c1-17(2,15-19-11-14-10-18-8-9-21(14)15)20-16(22)23-12-13-6-4-3-5-7-13/h3-11H,12H2,1-2H3,(H,20,22). The molecule has 6 nitrogen and oxygen atoms in total. The van der Waals surface area contributed by atoms with Crippen molar-refractivity contribution in [2.75, 3.05) is 0 Å². The maximum Gasteiger partial charge on any atom is 0.408 e. The van der Waals surface area contributed by atoms with Gasteiger partial charge >= 0.3 is 6.09 Å². The van der Waals surface area contributed by atoms with Crippen molar-refractivity contribution in [3.8, 4) is 0 Å². The normalized spacial score (nSPS) is 11.4. The predicted octanol–water partition coefficient (Wildman–Crippen LogP) is 2.89. The van der Waals surface area contributed by atoms with Crippen molar-refractivity contribution in [2.24, 2.45) is 0 Å². The van der Waals surface area contributed by atoms with Crippen molar-refractivity contribution >= 4 is 11.6 Å². The summed E-state index contributed by atoms with van der Waals surface area (Å²) in [5.74, 6) is 0.714. The van der Waals surface area contributed by atoms with E-state index in [0.717, 1.165) is 11.1 Å². The highest BCUT2D eigenvalue weighted by atomic mass is 16.5. The second-order valence-corrected chi connectivity index (χ2v) is 5.76. The Hall–Kier alpha value is -2.89. The van der Waals surface area contributed by atoms with Gasteiger partial charge in [0.15, 0.2) is 0 Å². The smallest absolute Gasteiger partial charge is 0.408 e. The van der Waals surface area contributed by atoms with E-state index in [0.29, 0.717) is 5.82 Å². The molecule has 0 saturated heterocycles. The molecule has 23 heavy (non-hydrogen) atoms. The molecular weight excluding hydrogens is 292 g/mol. The van der Waals surface area contributed by atoms with Gasteiger partial charge in [-0.2, -0.15) is 0 Å². The van der Waals surface area contributed by atoms with Gasteiger partial charge in [0, 0.05) is 12.4 Å². The van der Waals surface area contributed by atoms with E-state index in [1.807, 2.05) is 54.8 Å². The van der Waals surface area contributed by atoms with Crippen LogP contribution in [0.15, 0.2) is 55.1 Å². The molecular formula is C17H18N4O2. The van der Waals surface area contributed by atoms with E-state index in [9.17, 15) is 4.79 Å². The highest BCUT2D eigenvalue weighted by Crippen LogP contribution is 2.20. The van der Waals surface area contributed by atoms with Gasteiger partial charge in [0.2, 0.25) is 0 Å². The molecule has 0 aliphatic heterocycles. The van der Waals surface area contributed by atoms with Crippen LogP contribution in [0, 0.1) is 0 Å². The molecule has 0 saturated carbocycles. The van der Waals surface area contributed by atoms with E-state index in [4.69, 9.17) is 4.74 Å². The number of imidazole rings is 1. The van der Waals surface area contributed by atoms with Gasteiger partial charge in [-0.1, -0.05) is 30.3 Å². The summed E-state index contributed by atoms with van der Waals surface area (Å²) in [7, 11) is 0. The van der Waals surface area contributed by atoms with Crippen LogP contribution >= 0.6 is 0 Å². The van der Waals surface area contributed by atoms with Crippen molar-refractivity contribution < 1.29 is 9.53 Å². The molecule has 0 aliphatic rings. The molecule has 2 aromatic heterocycles. The van der Waals surface area contributed by atoms with Crippen LogP contribution in [-0.4, -0.2) is 20.5 Å². The van der Waals surface area contributed by atoms with Gasteiger partial charge in [0.1, 0.15) is 12.4 Å². The molecule has 1 amide bonds. The average molecular weight is 310 g/mol. The third kappa shape index (κ3) is 3.31. The van der Waals surface area contributed by atoms with Gasteiger partial charge in [-0.3, -0.25) is 9.38 Å². The Morgan fingerprint density at radius 3 is 2.83 bits per heavy atom. The number of ether oxygens (including phenoxy) is 1. The zero-order chi connectivity index (χ0) is 16.3. The Bertz CT molecular complexity index is 812. The highest BCUT2D eigenvalue weighted by Gasteiger charge is 2.28. The zero-order valence-electron chi connectivity index (χ0n) is 13.1. The van der Waals surface area contributed by atoms with Crippen LogP contribution in [0.25, 0.3) is 5.52 Å². The van der Waals surface area contributed by atoms with Crippen LogP contribution in [0.1, 0.15) is 25.2 Å². The van der Waals surface area contributed by atoms with Crippen molar-refractivity contribution in [3.63, 3.8) is 0 Å². The Morgan fingerprint density at radius 1 is 1.26 bits per heavy atom. The van der Waals surface area contributed by atoms with Crippen LogP contribution in [0.3, 0.4) is 0 Å². The summed E-state index contributed by atoms with van der Waals surface area (Å²) in [6, 6.07) is 9.56. The third-order valence-corrected chi connectivity index (χ3v) is 3.52. The molecule has 1 N–H and O–H groups in total. The number of nitrogens with one attached hydrogen (secondary N) is 1. The third-order valence-electron chi connectivity index (χ3n) is 3.52. The zero-order valence-corrected chi connectivity index (χ0v) is 13.1. The lowest BCUT2D eigenvalue weighted by Gasteiger charge is -2.24. The molecule has 118 valence electrons. The van der Waals surface area contributed by atoms with Gasteiger partial charge in [-0.15, -0.1) is 0 Å². The summed E-state index contributed by atoms with van der Waals surface area (Å²) in [6.07, 6.45) is 6.46. The molecule has 3 aromatic rings. The molecule has 0 bridgehead atoms. The number of hydrogen-bond donors (Lipinski definition) is 1. The molecule has 0 fully saturated rings. The van der Waals surface area contributed by atoms with Crippen molar-refractivity contribution in [1.82, 2.24) is 19.7 Å². The van der Waals surface area contributed by atoms with E-state index in [2.05, 4.69) is 15.3 Å². The molecule has 2 heterocycles. The Morgan fingerprint density at radius 2 is 2.04 bits per heavy atom. The lowest BCUT2D eigenvalue weighted by molar-refractivity contribution is 0.128. The van der Waals surface area contributed by atoms with Gasteiger partial charge in [-0.05, 0) is 19.4 Å². The number of aromatic nitrogens is 3. The lowest BCUT2D eigenvalue weighted by Crippen LogP contribution is -2.42. The summed E-state index contributed by atoms with van der Waals surface area (Å²) in [5, 5.41) is 2.86. The fraction of sp³-hybridized carbons (Fsp3) is 0.235. The lowest BCUT2D eigenvalue weighted by atomic mass is 10.1. The van der Waals surface area contributed by atoms with E-state index in [1.165, 1.54) is 0 Å². The molecule has 3 rings (SSSR count). The maximum atomic E-state index is 12.1. The monoisotopic (exact) mass is 310 g/mol. The van der Waals surface area contributed by atoms with E-state index in [-0.39, 0.29) is 6.61 Å². The van der Waals surface area contributed by atoms with E-state index >= 15 is 0 Å². The number of benzene rings is 1. The second kappa shape index (κ2) is 6.08. The van der Waals surface area contributed by atoms with Crippen LogP contribution in [0.4, 0.5) is 4.79 Å². The Labute approximate surface area is 134 Å². The number of hydrogen-bond acceptors (Lipinski definition) is 4. The van der Waals surface area contributed by atoms with Crippen LogP contribution < -0.4 is 5.32 Å². The maximum absolute atomic E-state index is 12.1. The first kappa shape index (κ1) is 15.0. The van der Waals surface area contributed by atoms with Gasteiger partial charge in [-0.25, -0.2) is 9.78 Å². The number of fused-ring (bicyclic) bond motifs is 1. The van der Waals surface area contributed by atoms with Gasteiger partial charge in [0.05, 0.1) is 23.4 Å². The van der Waals surface area contributed by atoms with Crippen molar-refractivity contribution in [1.29, 1.82) is 0 Å². The van der Waals surface area contributed by atoms with E-state index in [1.54, 1.807) is 18.6 Å². The quantitative estimate of drug-likeness (QED) is 0.804. The number of carbonyl (C=O) groups excluding carboxylic acids is 1. The van der Waals surface area contributed by atoms with Crippen LogP contribution in [0.2, 0.25) is 0 Å². The molecule has 0 spiro atoms. The fourth-order valence-electron chi connectivity index (χ4n) is 2.38. The fourth-order valence-corrected chi connectivity index (χ4v) is 2.38. The molecule has 0 unspecified atom stereocenters. The summed E-state index contributed by atoms with van der Waals surface area (Å²) in [6.45, 7) is 3.99. The first-order chi connectivity index (χ1) is 11.1. The highest BCUT2D eigenvalue weighted by molar-refractivity contribution is 5.68. The molecule has 0 atom stereocenters. The number of alkyl carbamates (subject to hydrolysis) is 1. The SMILES string of the molecule is CC(C)(NC(=O)OCc1ccccc1)c1ncc2cnccn12. The number of carbonyl (C=O) groups is 1. The van der Waals surface area contributed by atoms with Gasteiger partial charge < -0.3 is 10.1 Å². The Balaban J connectivity index is 1.69. The number of nitrogens with zero attached hydrogens (tertiary/aromatic N) is 3. The summed E-state index contributed by atoms with van der Waals surface area (Å²) in [4.78, 5) is 20.5. The summed E-state index contributed by atoms with van der Waals surface area (Å²) >= 11 is 0. The first-order valence-corrected chi connectivity index (χ1v) is 7.33.